The number of para-hydroxylation sites is 1. The molecule has 0 aliphatic carbocycles. The topological polar surface area (TPSA) is 143 Å². The van der Waals surface area contributed by atoms with Crippen molar-refractivity contribution in [2.45, 2.75) is 37.9 Å². The fourth-order valence-corrected chi connectivity index (χ4v) is 3.39. The predicted octanol–water partition coefficient (Wildman–Crippen LogP) is 0.755. The number of benzene rings is 2. The maximum absolute atomic E-state index is 12.5. The molecule has 8 heteroatoms. The predicted molar refractivity (Wildman–Crippen MR) is 119 cm³/mol. The Morgan fingerprint density at radius 1 is 0.935 bits per heavy atom. The number of rotatable bonds is 9. The van der Waals surface area contributed by atoms with Gasteiger partial charge in [-0.25, -0.2) is 0 Å². The first-order valence-corrected chi connectivity index (χ1v) is 10.1. The summed E-state index contributed by atoms with van der Waals surface area (Å²) < 4.78 is 0. The van der Waals surface area contributed by atoms with E-state index in [1.807, 2.05) is 60.8 Å². The monoisotopic (exact) mass is 421 g/mol. The fourth-order valence-electron chi connectivity index (χ4n) is 3.39. The molecular formula is C23H27N5O3. The van der Waals surface area contributed by atoms with E-state index in [4.69, 9.17) is 11.5 Å². The molecule has 0 spiro atoms. The van der Waals surface area contributed by atoms with Crippen LogP contribution in [0.25, 0.3) is 10.9 Å². The van der Waals surface area contributed by atoms with Crippen LogP contribution in [0.15, 0.2) is 60.8 Å². The van der Waals surface area contributed by atoms with Crippen LogP contribution in [0.5, 0.6) is 0 Å². The van der Waals surface area contributed by atoms with Crippen LogP contribution < -0.4 is 22.1 Å². The molecule has 1 heterocycles. The second-order valence-electron chi connectivity index (χ2n) is 7.55. The quantitative estimate of drug-likeness (QED) is 0.347. The van der Waals surface area contributed by atoms with Gasteiger partial charge in [0.1, 0.15) is 12.1 Å². The van der Waals surface area contributed by atoms with E-state index in [1.54, 1.807) is 0 Å². The number of aromatic nitrogens is 1. The average Bonchev–Trinajstić information content (AvgIpc) is 3.16. The smallest absolute Gasteiger partial charge is 0.242 e. The van der Waals surface area contributed by atoms with E-state index in [0.29, 0.717) is 6.42 Å². The van der Waals surface area contributed by atoms with Crippen LogP contribution in [0.3, 0.4) is 0 Å². The Hall–Kier alpha value is -3.65. The van der Waals surface area contributed by atoms with Gasteiger partial charge < -0.3 is 27.1 Å². The number of nitrogens with two attached hydrogens (primary N) is 2. The molecule has 1 aromatic heterocycles. The van der Waals surface area contributed by atoms with Crippen molar-refractivity contribution in [3.05, 3.63) is 71.9 Å². The van der Waals surface area contributed by atoms with Crippen LogP contribution in [0, 0.1) is 0 Å². The summed E-state index contributed by atoms with van der Waals surface area (Å²) in [5, 5.41) is 6.22. The summed E-state index contributed by atoms with van der Waals surface area (Å²) in [4.78, 5) is 40.0. The zero-order valence-corrected chi connectivity index (χ0v) is 17.3. The maximum atomic E-state index is 12.5. The number of hydrogen-bond donors (Lipinski definition) is 5. The van der Waals surface area contributed by atoms with E-state index < -0.39 is 35.8 Å². The van der Waals surface area contributed by atoms with E-state index in [9.17, 15) is 14.4 Å². The van der Waals surface area contributed by atoms with Gasteiger partial charge >= 0.3 is 0 Å². The number of primary amides is 1. The fraction of sp³-hybridized carbons (Fsp3) is 0.261. The largest absolute Gasteiger partial charge is 0.368 e. The molecule has 162 valence electrons. The Morgan fingerprint density at radius 3 is 2.32 bits per heavy atom. The summed E-state index contributed by atoms with van der Waals surface area (Å²) in [6.07, 6.45) is 2.42. The normalized spacial score (nSPS) is 13.9. The average molecular weight is 422 g/mol. The molecule has 8 nitrogen and oxygen atoms in total. The van der Waals surface area contributed by atoms with E-state index in [-0.39, 0.29) is 6.42 Å². The number of nitrogens with one attached hydrogen (secondary N) is 3. The molecule has 7 N–H and O–H groups in total. The molecule has 3 rings (SSSR count). The Bertz CT molecular complexity index is 1060. The second-order valence-corrected chi connectivity index (χ2v) is 7.55. The second kappa shape index (κ2) is 9.90. The first-order chi connectivity index (χ1) is 14.8. The lowest BCUT2D eigenvalue weighted by molar-refractivity contribution is -0.131. The van der Waals surface area contributed by atoms with Crippen molar-refractivity contribution in [1.29, 1.82) is 0 Å². The number of aromatic amines is 1. The van der Waals surface area contributed by atoms with Crippen molar-refractivity contribution >= 4 is 28.6 Å². The number of fused-ring (bicyclic) bond motifs is 1. The van der Waals surface area contributed by atoms with Crippen molar-refractivity contribution in [2.75, 3.05) is 0 Å². The lowest BCUT2D eigenvalue weighted by atomic mass is 10.0. The third-order valence-corrected chi connectivity index (χ3v) is 5.15. The molecule has 0 unspecified atom stereocenters. The van der Waals surface area contributed by atoms with Gasteiger partial charge in [0.2, 0.25) is 17.7 Å². The summed E-state index contributed by atoms with van der Waals surface area (Å²) in [5.74, 6) is -1.61. The van der Waals surface area contributed by atoms with Crippen molar-refractivity contribution in [3.8, 4) is 0 Å². The van der Waals surface area contributed by atoms with Gasteiger partial charge in [0.15, 0.2) is 0 Å². The molecule has 3 atom stereocenters. The first kappa shape index (κ1) is 22.0. The number of carbonyl (C=O) groups is 3. The SMILES string of the molecule is C[C@H](NC(=O)[C@@H](N)Cc1c[nH]c2ccccc12)C(=O)N[C@@H](Cc1ccccc1)C(N)=O. The van der Waals surface area contributed by atoms with Crippen molar-refractivity contribution in [2.24, 2.45) is 11.5 Å². The summed E-state index contributed by atoms with van der Waals surface area (Å²) in [6, 6.07) is 14.4. The van der Waals surface area contributed by atoms with Crippen LogP contribution in [0.2, 0.25) is 0 Å². The molecule has 0 saturated heterocycles. The lowest BCUT2D eigenvalue weighted by Crippen LogP contribution is -2.55. The van der Waals surface area contributed by atoms with Crippen molar-refractivity contribution < 1.29 is 14.4 Å². The zero-order valence-electron chi connectivity index (χ0n) is 17.3. The molecule has 0 saturated carbocycles. The van der Waals surface area contributed by atoms with Gasteiger partial charge in [-0.1, -0.05) is 48.5 Å². The minimum atomic E-state index is -0.880. The van der Waals surface area contributed by atoms with Gasteiger partial charge in [-0.3, -0.25) is 14.4 Å². The van der Waals surface area contributed by atoms with Crippen LogP contribution >= 0.6 is 0 Å². The minimum Gasteiger partial charge on any atom is -0.368 e. The first-order valence-electron chi connectivity index (χ1n) is 10.1. The van der Waals surface area contributed by atoms with Gasteiger partial charge in [0, 0.05) is 23.5 Å². The highest BCUT2D eigenvalue weighted by Gasteiger charge is 2.25. The zero-order chi connectivity index (χ0) is 22.4. The number of carbonyl (C=O) groups excluding carboxylic acids is 3. The Morgan fingerprint density at radius 2 is 1.61 bits per heavy atom. The molecular weight excluding hydrogens is 394 g/mol. The summed E-state index contributed by atoms with van der Waals surface area (Å²) in [5.41, 5.74) is 14.3. The van der Waals surface area contributed by atoms with Crippen LogP contribution in [0.4, 0.5) is 0 Å². The van der Waals surface area contributed by atoms with Crippen molar-refractivity contribution in [1.82, 2.24) is 15.6 Å². The molecule has 0 radical (unpaired) electrons. The van der Waals surface area contributed by atoms with E-state index >= 15 is 0 Å². The third kappa shape index (κ3) is 5.70. The van der Waals surface area contributed by atoms with E-state index in [1.165, 1.54) is 6.92 Å². The maximum Gasteiger partial charge on any atom is 0.242 e. The molecule has 2 aromatic carbocycles. The van der Waals surface area contributed by atoms with Crippen LogP contribution in [-0.4, -0.2) is 40.8 Å². The number of hydrogen-bond acceptors (Lipinski definition) is 4. The Labute approximate surface area is 180 Å². The summed E-state index contributed by atoms with van der Waals surface area (Å²) >= 11 is 0. The van der Waals surface area contributed by atoms with Crippen molar-refractivity contribution in [3.63, 3.8) is 0 Å². The van der Waals surface area contributed by atoms with E-state index in [2.05, 4.69) is 15.6 Å². The van der Waals surface area contributed by atoms with Gasteiger partial charge in [-0.05, 0) is 30.5 Å². The molecule has 3 amide bonds. The summed E-state index contributed by atoms with van der Waals surface area (Å²) in [6.45, 7) is 1.53. The molecule has 0 bridgehead atoms. The highest BCUT2D eigenvalue weighted by atomic mass is 16.2. The van der Waals surface area contributed by atoms with Crippen LogP contribution in [0.1, 0.15) is 18.1 Å². The summed E-state index contributed by atoms with van der Waals surface area (Å²) in [7, 11) is 0. The van der Waals surface area contributed by atoms with Gasteiger partial charge in [0.25, 0.3) is 0 Å². The van der Waals surface area contributed by atoms with Gasteiger partial charge in [-0.2, -0.15) is 0 Å². The Kier molecular flexibility index (Phi) is 7.04. The van der Waals surface area contributed by atoms with Gasteiger partial charge in [0.05, 0.1) is 6.04 Å². The lowest BCUT2D eigenvalue weighted by Gasteiger charge is -2.21. The molecule has 3 aromatic rings. The Balaban J connectivity index is 1.56. The highest BCUT2D eigenvalue weighted by Crippen LogP contribution is 2.18. The molecule has 0 fully saturated rings. The highest BCUT2D eigenvalue weighted by molar-refractivity contribution is 5.93. The van der Waals surface area contributed by atoms with Crippen LogP contribution in [-0.2, 0) is 27.2 Å². The van der Waals surface area contributed by atoms with E-state index in [0.717, 1.165) is 22.0 Å². The minimum absolute atomic E-state index is 0.267. The van der Waals surface area contributed by atoms with Gasteiger partial charge in [-0.15, -0.1) is 0 Å². The molecule has 31 heavy (non-hydrogen) atoms. The number of H-pyrrole nitrogens is 1. The molecule has 0 aliphatic heterocycles. The third-order valence-electron chi connectivity index (χ3n) is 5.15. The standard InChI is InChI=1S/C23H27N5O3/c1-14(22(30)28-20(21(25)29)11-15-7-3-2-4-8-15)27-23(31)18(24)12-16-13-26-19-10-6-5-9-17(16)19/h2-10,13-14,18,20,26H,11-12,24H2,1H3,(H2,25,29)(H,27,31)(H,28,30)/t14-,18-,20-/m0/s1. The molecule has 0 aliphatic rings. The number of amides is 3.